The van der Waals surface area contributed by atoms with E-state index < -0.39 is 0 Å². The first-order valence-electron chi connectivity index (χ1n) is 4.88. The Morgan fingerprint density at radius 1 is 1.38 bits per heavy atom. The van der Waals surface area contributed by atoms with Crippen molar-refractivity contribution in [2.75, 3.05) is 5.32 Å². The first kappa shape index (κ1) is 12.2. The van der Waals surface area contributed by atoms with E-state index in [-0.39, 0.29) is 0 Å². The molecule has 0 fully saturated rings. The summed E-state index contributed by atoms with van der Waals surface area (Å²) in [6, 6.07) is 8.40. The van der Waals surface area contributed by atoms with E-state index in [0.29, 0.717) is 0 Å². The summed E-state index contributed by atoms with van der Waals surface area (Å²) in [5, 5.41) is 6.20. The maximum absolute atomic E-state index is 5.88. The molecular formula is C12H11ClINS. The fourth-order valence-electron chi connectivity index (χ4n) is 1.45. The van der Waals surface area contributed by atoms with Gasteiger partial charge in [-0.1, -0.05) is 11.6 Å². The number of nitrogens with one attached hydrogen (secondary N) is 1. The number of benzene rings is 1. The molecule has 0 unspecified atom stereocenters. The normalized spacial score (nSPS) is 10.4. The molecule has 0 aliphatic rings. The predicted octanol–water partition coefficient (Wildman–Crippen LogP) is 4.93. The minimum atomic E-state index is 0.820. The van der Waals surface area contributed by atoms with Gasteiger partial charge in [0.15, 0.2) is 0 Å². The topological polar surface area (TPSA) is 12.0 Å². The van der Waals surface area contributed by atoms with Crippen molar-refractivity contribution in [3.05, 3.63) is 48.7 Å². The molecule has 2 aromatic rings. The Morgan fingerprint density at radius 3 is 2.81 bits per heavy atom. The number of aryl methyl sites for hydroxylation is 1. The fourth-order valence-corrected chi connectivity index (χ4v) is 3.11. The van der Waals surface area contributed by atoms with Crippen LogP contribution in [0.15, 0.2) is 29.6 Å². The third-order valence-electron chi connectivity index (χ3n) is 2.26. The maximum Gasteiger partial charge on any atom is 0.0516 e. The van der Waals surface area contributed by atoms with E-state index in [9.17, 15) is 0 Å². The molecule has 0 radical (unpaired) electrons. The minimum Gasteiger partial charge on any atom is -0.380 e. The van der Waals surface area contributed by atoms with Gasteiger partial charge in [-0.05, 0) is 59.3 Å². The van der Waals surface area contributed by atoms with Crippen molar-refractivity contribution in [1.82, 2.24) is 0 Å². The molecular weight excluding hydrogens is 353 g/mol. The van der Waals surface area contributed by atoms with Crippen molar-refractivity contribution >= 4 is 51.2 Å². The van der Waals surface area contributed by atoms with Crippen LogP contribution in [-0.2, 0) is 6.54 Å². The molecule has 0 aliphatic heterocycles. The van der Waals surface area contributed by atoms with Crippen LogP contribution in [0.5, 0.6) is 0 Å². The van der Waals surface area contributed by atoms with Gasteiger partial charge in [0, 0.05) is 26.1 Å². The van der Waals surface area contributed by atoms with Crippen LogP contribution in [0.25, 0.3) is 0 Å². The third-order valence-corrected chi connectivity index (χ3v) is 4.22. The third kappa shape index (κ3) is 3.12. The van der Waals surface area contributed by atoms with Crippen molar-refractivity contribution in [2.45, 2.75) is 13.5 Å². The number of thiophene rings is 1. The summed E-state index contributed by atoms with van der Waals surface area (Å²) in [4.78, 5) is 1.25. The summed E-state index contributed by atoms with van der Waals surface area (Å²) in [6.07, 6.45) is 0. The van der Waals surface area contributed by atoms with Crippen molar-refractivity contribution in [3.8, 4) is 0 Å². The quantitative estimate of drug-likeness (QED) is 0.763. The Bertz CT molecular complexity index is 496. The second-order valence-electron chi connectivity index (χ2n) is 3.54. The highest BCUT2D eigenvalue weighted by Crippen LogP contribution is 2.22. The molecule has 1 nitrogen and oxygen atoms in total. The molecule has 84 valence electrons. The van der Waals surface area contributed by atoms with Crippen LogP contribution in [0.2, 0.25) is 5.02 Å². The molecule has 0 saturated heterocycles. The summed E-state index contributed by atoms with van der Waals surface area (Å²) >= 11 is 9.88. The zero-order valence-corrected chi connectivity index (χ0v) is 12.5. The van der Waals surface area contributed by atoms with Gasteiger partial charge >= 0.3 is 0 Å². The highest BCUT2D eigenvalue weighted by Gasteiger charge is 2.00. The SMILES string of the molecule is Cc1cc(I)ccc1NCc1cc(Cl)cs1. The molecule has 0 atom stereocenters. The molecule has 0 saturated carbocycles. The van der Waals surface area contributed by atoms with Gasteiger partial charge in [-0.15, -0.1) is 11.3 Å². The second kappa shape index (κ2) is 5.38. The molecule has 1 aromatic carbocycles. The largest absolute Gasteiger partial charge is 0.380 e. The second-order valence-corrected chi connectivity index (χ2v) is 6.22. The van der Waals surface area contributed by atoms with Gasteiger partial charge in [-0.2, -0.15) is 0 Å². The lowest BCUT2D eigenvalue weighted by Gasteiger charge is -2.08. The van der Waals surface area contributed by atoms with Gasteiger partial charge in [-0.25, -0.2) is 0 Å². The molecule has 1 N–H and O–H groups in total. The Hall–Kier alpha value is -0.260. The standard InChI is InChI=1S/C12H11ClINS/c1-8-4-10(14)2-3-12(8)15-6-11-5-9(13)7-16-11/h2-5,7,15H,6H2,1H3. The summed E-state index contributed by atoms with van der Waals surface area (Å²) in [6.45, 7) is 2.95. The number of anilines is 1. The molecule has 0 amide bonds. The molecule has 1 heterocycles. The molecule has 16 heavy (non-hydrogen) atoms. The van der Waals surface area contributed by atoms with Gasteiger partial charge in [0.25, 0.3) is 0 Å². The zero-order chi connectivity index (χ0) is 11.5. The van der Waals surface area contributed by atoms with Crippen molar-refractivity contribution in [3.63, 3.8) is 0 Å². The van der Waals surface area contributed by atoms with Crippen molar-refractivity contribution < 1.29 is 0 Å². The van der Waals surface area contributed by atoms with Crippen LogP contribution >= 0.6 is 45.5 Å². The van der Waals surface area contributed by atoms with Crippen LogP contribution in [0.1, 0.15) is 10.4 Å². The Morgan fingerprint density at radius 2 is 2.19 bits per heavy atom. The monoisotopic (exact) mass is 363 g/mol. The highest BCUT2D eigenvalue weighted by atomic mass is 127. The van der Waals surface area contributed by atoms with Gasteiger partial charge in [0.05, 0.1) is 5.02 Å². The average molecular weight is 364 g/mol. The lowest BCUT2D eigenvalue weighted by atomic mass is 10.2. The Labute approximate surface area is 118 Å². The van der Waals surface area contributed by atoms with Crippen molar-refractivity contribution in [2.24, 2.45) is 0 Å². The summed E-state index contributed by atoms with van der Waals surface area (Å²) in [7, 11) is 0. The first-order chi connectivity index (χ1) is 7.65. The summed E-state index contributed by atoms with van der Waals surface area (Å²) < 4.78 is 1.26. The Balaban J connectivity index is 2.04. The lowest BCUT2D eigenvalue weighted by molar-refractivity contribution is 1.18. The van der Waals surface area contributed by atoms with E-state index >= 15 is 0 Å². The molecule has 0 aliphatic carbocycles. The fraction of sp³-hybridized carbons (Fsp3) is 0.167. The van der Waals surface area contributed by atoms with E-state index in [1.54, 1.807) is 11.3 Å². The molecule has 1 aromatic heterocycles. The molecule has 2 rings (SSSR count). The molecule has 0 bridgehead atoms. The van der Waals surface area contributed by atoms with Crippen LogP contribution in [0.4, 0.5) is 5.69 Å². The number of hydrogen-bond acceptors (Lipinski definition) is 2. The summed E-state index contributed by atoms with van der Waals surface area (Å²) in [5.74, 6) is 0. The average Bonchev–Trinajstić information content (AvgIpc) is 2.63. The molecule has 0 spiro atoms. The zero-order valence-electron chi connectivity index (χ0n) is 8.76. The lowest BCUT2D eigenvalue weighted by Crippen LogP contribution is -1.99. The van der Waals surface area contributed by atoms with Gasteiger partial charge in [0.2, 0.25) is 0 Å². The van der Waals surface area contributed by atoms with E-state index in [4.69, 9.17) is 11.6 Å². The minimum absolute atomic E-state index is 0.820. The van der Waals surface area contributed by atoms with Crippen LogP contribution in [0.3, 0.4) is 0 Å². The van der Waals surface area contributed by atoms with Gasteiger partial charge in [0.1, 0.15) is 0 Å². The van der Waals surface area contributed by atoms with E-state index in [1.165, 1.54) is 19.7 Å². The van der Waals surface area contributed by atoms with Crippen LogP contribution in [0, 0.1) is 10.5 Å². The smallest absolute Gasteiger partial charge is 0.0516 e. The number of halogens is 2. The van der Waals surface area contributed by atoms with Crippen LogP contribution in [-0.4, -0.2) is 0 Å². The predicted molar refractivity (Wildman–Crippen MR) is 80.6 cm³/mol. The van der Waals surface area contributed by atoms with Crippen molar-refractivity contribution in [1.29, 1.82) is 0 Å². The van der Waals surface area contributed by atoms with Gasteiger partial charge in [-0.3, -0.25) is 0 Å². The number of hydrogen-bond donors (Lipinski definition) is 1. The van der Waals surface area contributed by atoms with E-state index in [1.807, 2.05) is 11.4 Å². The summed E-state index contributed by atoms with van der Waals surface area (Å²) in [5.41, 5.74) is 2.46. The maximum atomic E-state index is 5.88. The first-order valence-corrected chi connectivity index (χ1v) is 7.22. The van der Waals surface area contributed by atoms with E-state index in [2.05, 4.69) is 53.0 Å². The van der Waals surface area contributed by atoms with Crippen LogP contribution < -0.4 is 5.32 Å². The highest BCUT2D eigenvalue weighted by molar-refractivity contribution is 14.1. The molecule has 4 heteroatoms. The Kier molecular flexibility index (Phi) is 4.10. The van der Waals surface area contributed by atoms with Gasteiger partial charge < -0.3 is 5.32 Å². The number of rotatable bonds is 3. The van der Waals surface area contributed by atoms with E-state index in [0.717, 1.165) is 11.6 Å².